The van der Waals surface area contributed by atoms with Gasteiger partial charge in [-0.2, -0.15) is 0 Å². The SMILES string of the molecule is O=Cc1cncn1CCc1cccs1. The normalized spacial score (nSPS) is 10.3. The Balaban J connectivity index is 2.01. The Morgan fingerprint density at radius 3 is 3.21 bits per heavy atom. The van der Waals surface area contributed by atoms with Crippen LogP contribution >= 0.6 is 11.3 Å². The summed E-state index contributed by atoms with van der Waals surface area (Å²) in [6.07, 6.45) is 5.06. The van der Waals surface area contributed by atoms with Crippen LogP contribution in [0.15, 0.2) is 30.0 Å². The lowest BCUT2D eigenvalue weighted by Gasteiger charge is -2.01. The minimum absolute atomic E-state index is 0.640. The standard InChI is InChI=1S/C10H10N2OS/c13-7-9-6-11-8-12(9)4-3-10-2-1-5-14-10/h1-2,5-8H,3-4H2. The maximum absolute atomic E-state index is 10.6. The number of nitrogens with zero attached hydrogens (tertiary/aromatic N) is 2. The second-order valence-electron chi connectivity index (χ2n) is 2.96. The molecule has 4 heteroatoms. The molecular weight excluding hydrogens is 196 g/mol. The Morgan fingerprint density at radius 2 is 2.50 bits per heavy atom. The van der Waals surface area contributed by atoms with E-state index in [1.54, 1.807) is 23.9 Å². The van der Waals surface area contributed by atoms with Gasteiger partial charge in [-0.3, -0.25) is 4.79 Å². The van der Waals surface area contributed by atoms with E-state index in [4.69, 9.17) is 0 Å². The minimum atomic E-state index is 0.640. The lowest BCUT2D eigenvalue weighted by molar-refractivity contribution is 0.111. The molecule has 0 aliphatic rings. The van der Waals surface area contributed by atoms with Crippen molar-refractivity contribution in [1.29, 1.82) is 0 Å². The summed E-state index contributed by atoms with van der Waals surface area (Å²) in [6.45, 7) is 0.814. The Bertz CT molecular complexity index is 405. The lowest BCUT2D eigenvalue weighted by atomic mass is 10.3. The second-order valence-corrected chi connectivity index (χ2v) is 3.99. The van der Waals surface area contributed by atoms with Crippen LogP contribution in [-0.4, -0.2) is 15.8 Å². The fourth-order valence-corrected chi connectivity index (χ4v) is 2.00. The number of rotatable bonds is 4. The highest BCUT2D eigenvalue weighted by atomic mass is 32.1. The predicted octanol–water partition coefficient (Wildman–Crippen LogP) is 2.00. The summed E-state index contributed by atoms with van der Waals surface area (Å²) in [5.74, 6) is 0. The van der Waals surface area contributed by atoms with Crippen LogP contribution in [-0.2, 0) is 13.0 Å². The van der Waals surface area contributed by atoms with Gasteiger partial charge in [-0.05, 0) is 17.9 Å². The van der Waals surface area contributed by atoms with Crippen LogP contribution in [0, 0.1) is 0 Å². The quantitative estimate of drug-likeness (QED) is 0.717. The summed E-state index contributed by atoms with van der Waals surface area (Å²) >= 11 is 1.74. The van der Waals surface area contributed by atoms with Gasteiger partial charge in [0.05, 0.1) is 12.5 Å². The molecule has 72 valence electrons. The molecule has 0 N–H and O–H groups in total. The van der Waals surface area contributed by atoms with Crippen molar-refractivity contribution in [1.82, 2.24) is 9.55 Å². The van der Waals surface area contributed by atoms with Gasteiger partial charge in [0.2, 0.25) is 0 Å². The third kappa shape index (κ3) is 1.90. The number of carbonyl (C=O) groups is 1. The molecule has 3 nitrogen and oxygen atoms in total. The van der Waals surface area contributed by atoms with Crippen molar-refractivity contribution >= 4 is 17.6 Å². The number of carbonyl (C=O) groups excluding carboxylic acids is 1. The molecule has 0 saturated carbocycles. The molecule has 0 aliphatic heterocycles. The van der Waals surface area contributed by atoms with Crippen molar-refractivity contribution in [3.05, 3.63) is 40.6 Å². The molecule has 14 heavy (non-hydrogen) atoms. The zero-order valence-corrected chi connectivity index (χ0v) is 8.41. The summed E-state index contributed by atoms with van der Waals surface area (Å²) < 4.78 is 1.87. The van der Waals surface area contributed by atoms with E-state index in [1.165, 1.54) is 4.88 Å². The first kappa shape index (κ1) is 9.15. The molecule has 0 bridgehead atoms. The molecule has 0 saturated heterocycles. The maximum atomic E-state index is 10.6. The van der Waals surface area contributed by atoms with E-state index in [0.717, 1.165) is 19.3 Å². The van der Waals surface area contributed by atoms with Crippen LogP contribution in [0.3, 0.4) is 0 Å². The Hall–Kier alpha value is -1.42. The van der Waals surface area contributed by atoms with Crippen molar-refractivity contribution in [2.75, 3.05) is 0 Å². The largest absolute Gasteiger partial charge is 0.328 e. The third-order valence-corrected chi connectivity index (χ3v) is 2.98. The van der Waals surface area contributed by atoms with Gasteiger partial charge in [-0.1, -0.05) is 6.07 Å². The van der Waals surface area contributed by atoms with Crippen molar-refractivity contribution in [3.63, 3.8) is 0 Å². The van der Waals surface area contributed by atoms with Crippen molar-refractivity contribution < 1.29 is 4.79 Å². The van der Waals surface area contributed by atoms with Gasteiger partial charge < -0.3 is 4.57 Å². The molecule has 0 aliphatic carbocycles. The summed E-state index contributed by atoms with van der Waals surface area (Å²) in [5, 5.41) is 2.06. The molecule has 2 aromatic heterocycles. The number of imidazole rings is 1. The first-order chi connectivity index (χ1) is 6.90. The molecule has 0 aromatic carbocycles. The Kier molecular flexibility index (Phi) is 2.74. The third-order valence-electron chi connectivity index (χ3n) is 2.04. The monoisotopic (exact) mass is 206 g/mol. The number of aryl methyl sites for hydroxylation is 2. The van der Waals surface area contributed by atoms with E-state index < -0.39 is 0 Å². The maximum Gasteiger partial charge on any atom is 0.168 e. The summed E-state index contributed by atoms with van der Waals surface area (Å²) in [6, 6.07) is 4.14. The average molecular weight is 206 g/mol. The molecule has 0 unspecified atom stereocenters. The molecule has 0 atom stereocenters. The predicted molar refractivity (Wildman–Crippen MR) is 55.6 cm³/mol. The molecule has 2 heterocycles. The number of aldehydes is 1. The lowest BCUT2D eigenvalue weighted by Crippen LogP contribution is -2.02. The van der Waals surface area contributed by atoms with Crippen LogP contribution in [0.5, 0.6) is 0 Å². The molecular formula is C10H10N2OS. The van der Waals surface area contributed by atoms with Gasteiger partial charge in [0, 0.05) is 11.4 Å². The van der Waals surface area contributed by atoms with Gasteiger partial charge in [-0.25, -0.2) is 4.98 Å². The highest BCUT2D eigenvalue weighted by Crippen LogP contribution is 2.10. The molecule has 2 rings (SSSR count). The fraction of sp³-hybridized carbons (Fsp3) is 0.200. The van der Waals surface area contributed by atoms with Crippen LogP contribution in [0.2, 0.25) is 0 Å². The van der Waals surface area contributed by atoms with Crippen molar-refractivity contribution in [3.8, 4) is 0 Å². The highest BCUT2D eigenvalue weighted by Gasteiger charge is 2.00. The van der Waals surface area contributed by atoms with Crippen LogP contribution in [0.1, 0.15) is 15.4 Å². The van der Waals surface area contributed by atoms with Crippen molar-refractivity contribution in [2.45, 2.75) is 13.0 Å². The summed E-state index contributed by atoms with van der Waals surface area (Å²) in [5.41, 5.74) is 0.640. The number of aromatic nitrogens is 2. The summed E-state index contributed by atoms with van der Waals surface area (Å²) in [4.78, 5) is 15.8. The zero-order chi connectivity index (χ0) is 9.80. The zero-order valence-electron chi connectivity index (χ0n) is 7.59. The Morgan fingerprint density at radius 1 is 1.57 bits per heavy atom. The van der Waals surface area contributed by atoms with Gasteiger partial charge in [-0.15, -0.1) is 11.3 Å². The smallest absolute Gasteiger partial charge is 0.168 e. The van der Waals surface area contributed by atoms with Gasteiger partial charge in [0.1, 0.15) is 5.69 Å². The van der Waals surface area contributed by atoms with E-state index in [1.807, 2.05) is 10.6 Å². The molecule has 0 amide bonds. The van der Waals surface area contributed by atoms with Gasteiger partial charge in [0.15, 0.2) is 6.29 Å². The molecule has 0 spiro atoms. The molecule has 0 fully saturated rings. The fourth-order valence-electron chi connectivity index (χ4n) is 1.30. The van der Waals surface area contributed by atoms with Crippen LogP contribution in [0.25, 0.3) is 0 Å². The summed E-state index contributed by atoms with van der Waals surface area (Å²) in [7, 11) is 0. The first-order valence-corrected chi connectivity index (χ1v) is 5.26. The molecule has 0 radical (unpaired) electrons. The minimum Gasteiger partial charge on any atom is -0.328 e. The second kappa shape index (κ2) is 4.19. The van der Waals surface area contributed by atoms with Crippen molar-refractivity contribution in [2.24, 2.45) is 0 Å². The number of thiophene rings is 1. The van der Waals surface area contributed by atoms with Crippen LogP contribution in [0.4, 0.5) is 0 Å². The van der Waals surface area contributed by atoms with Gasteiger partial charge in [0.25, 0.3) is 0 Å². The Labute approximate surface area is 86.0 Å². The van der Waals surface area contributed by atoms with E-state index in [2.05, 4.69) is 16.4 Å². The number of hydrogen-bond donors (Lipinski definition) is 0. The average Bonchev–Trinajstić information content (AvgIpc) is 2.85. The molecule has 2 aromatic rings. The topological polar surface area (TPSA) is 34.9 Å². The first-order valence-electron chi connectivity index (χ1n) is 4.38. The highest BCUT2D eigenvalue weighted by molar-refractivity contribution is 7.09. The van der Waals surface area contributed by atoms with Crippen LogP contribution < -0.4 is 0 Å². The van der Waals surface area contributed by atoms with Gasteiger partial charge >= 0.3 is 0 Å². The van der Waals surface area contributed by atoms with E-state index in [-0.39, 0.29) is 0 Å². The van der Waals surface area contributed by atoms with E-state index >= 15 is 0 Å². The van der Waals surface area contributed by atoms with E-state index in [0.29, 0.717) is 5.69 Å². The van der Waals surface area contributed by atoms with E-state index in [9.17, 15) is 4.79 Å². The number of hydrogen-bond acceptors (Lipinski definition) is 3.